The van der Waals surface area contributed by atoms with Gasteiger partial charge >= 0.3 is 0 Å². The summed E-state index contributed by atoms with van der Waals surface area (Å²) in [4.78, 5) is 0. The highest BCUT2D eigenvalue weighted by Crippen LogP contribution is 2.43. The van der Waals surface area contributed by atoms with Crippen molar-refractivity contribution < 1.29 is 0 Å². The van der Waals surface area contributed by atoms with Gasteiger partial charge in [0, 0.05) is 5.75 Å². The lowest BCUT2D eigenvalue weighted by Crippen LogP contribution is -1.80. The maximum atomic E-state index is 2.28. The lowest BCUT2D eigenvalue weighted by atomic mass is 10.1. The first-order chi connectivity index (χ1) is 7.50. The topological polar surface area (TPSA) is 0 Å². The molecule has 0 atom stereocenters. The van der Waals surface area contributed by atoms with Crippen LogP contribution in [0.2, 0.25) is 0 Å². The smallest absolute Gasteiger partial charge is 0.00454 e. The molecule has 0 fully saturated rings. The molecule has 0 aromatic carbocycles. The summed E-state index contributed by atoms with van der Waals surface area (Å²) in [7, 11) is 7.57. The molecule has 0 aliphatic carbocycles. The van der Waals surface area contributed by atoms with Crippen LogP contribution in [0, 0.1) is 0 Å². The summed E-state index contributed by atoms with van der Waals surface area (Å²) in [5, 5.41) is 2.16. The molecule has 0 nitrogen and oxygen atoms in total. The monoisotopic (exact) mass is 278 g/mol. The molecule has 86 valence electrons. The maximum Gasteiger partial charge on any atom is 0.00454 e. The highest BCUT2D eigenvalue weighted by molar-refractivity contribution is 9.26. The van der Waals surface area contributed by atoms with E-state index >= 15 is 0 Å². The molecular weight excluding hydrogens is 260 g/mol. The van der Waals surface area contributed by atoms with Gasteiger partial charge in [-0.25, -0.2) is 0 Å². The Labute approximate surface area is 109 Å². The van der Waals surface area contributed by atoms with Gasteiger partial charge in [0.2, 0.25) is 0 Å². The lowest BCUT2D eigenvalue weighted by Gasteiger charge is -1.99. The van der Waals surface area contributed by atoms with E-state index < -0.39 is 0 Å². The minimum atomic E-state index is 1.24. The zero-order valence-corrected chi connectivity index (χ0v) is 12.2. The van der Waals surface area contributed by atoms with E-state index in [2.05, 4.69) is 23.6 Å². The van der Waals surface area contributed by atoms with Crippen molar-refractivity contribution in [1.82, 2.24) is 0 Å². The molecule has 0 aromatic rings. The number of hydrogen-bond donors (Lipinski definition) is 0. The van der Waals surface area contributed by atoms with Crippen molar-refractivity contribution in [1.29, 1.82) is 0 Å². The van der Waals surface area contributed by atoms with Crippen LogP contribution in [0.5, 0.6) is 0 Å². The average molecular weight is 279 g/mol. The predicted octanol–water partition coefficient (Wildman–Crippen LogP) is 6.09. The van der Waals surface area contributed by atoms with Gasteiger partial charge in [0.25, 0.3) is 0 Å². The highest BCUT2D eigenvalue weighted by Gasteiger charge is 1.93. The zero-order valence-electron chi connectivity index (χ0n) is 8.89. The van der Waals surface area contributed by atoms with Gasteiger partial charge in [0.15, 0.2) is 0 Å². The minimum Gasteiger partial charge on any atom is -0.0845 e. The molecular formula is C11H18S4. The molecule has 0 saturated carbocycles. The summed E-state index contributed by atoms with van der Waals surface area (Å²) in [5.41, 5.74) is 0. The van der Waals surface area contributed by atoms with E-state index in [1.807, 2.05) is 41.2 Å². The normalized spacial score (nSPS) is 26.1. The Kier molecular flexibility index (Phi) is 10.6. The Bertz CT molecular complexity index is 169. The van der Waals surface area contributed by atoms with E-state index in [0.29, 0.717) is 0 Å². The van der Waals surface area contributed by atoms with Crippen molar-refractivity contribution in [3.05, 3.63) is 23.6 Å². The van der Waals surface area contributed by atoms with Crippen molar-refractivity contribution in [2.24, 2.45) is 0 Å². The fraction of sp³-hybridized carbons (Fsp3) is 0.636. The average Bonchev–Trinajstić information content (AvgIpc) is 2.27. The van der Waals surface area contributed by atoms with Gasteiger partial charge in [-0.1, -0.05) is 59.1 Å². The summed E-state index contributed by atoms with van der Waals surface area (Å²) in [6, 6.07) is 0. The van der Waals surface area contributed by atoms with Gasteiger partial charge in [0.05, 0.1) is 0 Å². The van der Waals surface area contributed by atoms with Gasteiger partial charge in [-0.2, -0.15) is 0 Å². The fourth-order valence-electron chi connectivity index (χ4n) is 1.30. The molecule has 0 saturated heterocycles. The lowest BCUT2D eigenvalue weighted by molar-refractivity contribution is 0.640. The van der Waals surface area contributed by atoms with Crippen LogP contribution in [0.25, 0.3) is 0 Å². The molecule has 1 aliphatic heterocycles. The van der Waals surface area contributed by atoms with Crippen LogP contribution in [0.15, 0.2) is 23.6 Å². The van der Waals surface area contributed by atoms with Crippen LogP contribution in [-0.4, -0.2) is 5.75 Å². The van der Waals surface area contributed by atoms with Crippen LogP contribution >= 0.6 is 41.2 Å². The number of hydrogen-bond acceptors (Lipinski definition) is 4. The quantitative estimate of drug-likeness (QED) is 0.492. The Hall–Kier alpha value is 0.880. The molecule has 0 N–H and O–H groups in total. The molecule has 1 rings (SSSR count). The van der Waals surface area contributed by atoms with Crippen molar-refractivity contribution in [3.8, 4) is 0 Å². The molecule has 0 unspecified atom stereocenters. The SMILES string of the molecule is C1=C\SSSSCCCCCCC/C=C/1. The van der Waals surface area contributed by atoms with Crippen molar-refractivity contribution in [2.75, 3.05) is 5.75 Å². The molecule has 0 radical (unpaired) electrons. The molecule has 15 heavy (non-hydrogen) atoms. The standard InChI is InChI=1S/C11H18S4/c1-2-4-6-8-10-12-14-15-13-11-9-7-5-3-1/h4,6,8,10H,1-3,5,7,9,11H2/b6-4+,10-8-. The van der Waals surface area contributed by atoms with Crippen LogP contribution in [0.4, 0.5) is 0 Å². The fourth-order valence-corrected chi connectivity index (χ4v) is 6.65. The van der Waals surface area contributed by atoms with E-state index in [4.69, 9.17) is 0 Å². The molecule has 4 heteroatoms. The second-order valence-corrected chi connectivity index (χ2v) is 9.30. The largest absolute Gasteiger partial charge is 0.0845 e. The zero-order chi connectivity index (χ0) is 10.6. The summed E-state index contributed by atoms with van der Waals surface area (Å²) in [5.74, 6) is 1.31. The summed E-state index contributed by atoms with van der Waals surface area (Å²) < 4.78 is 0. The van der Waals surface area contributed by atoms with Crippen molar-refractivity contribution >= 4 is 41.2 Å². The first kappa shape index (κ1) is 13.9. The van der Waals surface area contributed by atoms with Crippen molar-refractivity contribution in [2.45, 2.75) is 38.5 Å². The molecule has 0 amide bonds. The van der Waals surface area contributed by atoms with Gasteiger partial charge in [-0.3, -0.25) is 0 Å². The highest BCUT2D eigenvalue weighted by atomic mass is 33.7. The minimum absolute atomic E-state index is 1.24. The third-order valence-corrected chi connectivity index (χ3v) is 8.15. The summed E-state index contributed by atoms with van der Waals surface area (Å²) in [6.07, 6.45) is 14.8. The predicted molar refractivity (Wildman–Crippen MR) is 81.2 cm³/mol. The summed E-state index contributed by atoms with van der Waals surface area (Å²) >= 11 is 0. The Balaban J connectivity index is 2.16. The van der Waals surface area contributed by atoms with Crippen LogP contribution in [-0.2, 0) is 0 Å². The molecule has 1 aliphatic rings. The number of rotatable bonds is 0. The Morgan fingerprint density at radius 2 is 1.67 bits per heavy atom. The molecule has 0 spiro atoms. The second-order valence-electron chi connectivity index (χ2n) is 3.37. The van der Waals surface area contributed by atoms with Gasteiger partial charge in [0.1, 0.15) is 0 Å². The molecule has 0 aromatic heterocycles. The third kappa shape index (κ3) is 9.79. The summed E-state index contributed by atoms with van der Waals surface area (Å²) in [6.45, 7) is 0. The second kappa shape index (κ2) is 11.4. The van der Waals surface area contributed by atoms with Crippen molar-refractivity contribution in [3.63, 3.8) is 0 Å². The first-order valence-corrected chi connectivity index (χ1v) is 10.5. The van der Waals surface area contributed by atoms with Crippen LogP contribution in [0.3, 0.4) is 0 Å². The molecule has 1 heterocycles. The van der Waals surface area contributed by atoms with Gasteiger partial charge in [-0.05, 0) is 44.3 Å². The van der Waals surface area contributed by atoms with E-state index in [9.17, 15) is 0 Å². The van der Waals surface area contributed by atoms with E-state index in [1.54, 1.807) is 0 Å². The number of allylic oxidation sites excluding steroid dienone is 3. The van der Waals surface area contributed by atoms with Crippen LogP contribution < -0.4 is 0 Å². The van der Waals surface area contributed by atoms with Gasteiger partial charge in [-0.15, -0.1) is 0 Å². The van der Waals surface area contributed by atoms with Gasteiger partial charge < -0.3 is 0 Å². The first-order valence-electron chi connectivity index (χ1n) is 5.43. The van der Waals surface area contributed by atoms with Crippen LogP contribution in [0.1, 0.15) is 38.5 Å². The van der Waals surface area contributed by atoms with E-state index in [1.165, 1.54) is 44.3 Å². The Morgan fingerprint density at radius 1 is 0.800 bits per heavy atom. The van der Waals surface area contributed by atoms with E-state index in [0.717, 1.165) is 0 Å². The maximum absolute atomic E-state index is 2.28. The third-order valence-electron chi connectivity index (χ3n) is 2.09. The Morgan fingerprint density at radius 3 is 2.67 bits per heavy atom. The molecule has 0 bridgehead atoms. The van der Waals surface area contributed by atoms with E-state index in [-0.39, 0.29) is 0 Å².